The zero-order valence-corrected chi connectivity index (χ0v) is 10.1. The minimum atomic E-state index is -0.276. The highest BCUT2D eigenvalue weighted by molar-refractivity contribution is 5.75. The number of carbonyl (C=O) groups is 1. The Morgan fingerprint density at radius 3 is 2.65 bits per heavy atom. The van der Waals surface area contributed by atoms with Crippen LogP contribution >= 0.6 is 0 Å². The molecule has 2 atom stereocenters. The highest BCUT2D eigenvalue weighted by Gasteiger charge is 2.25. The quantitative estimate of drug-likeness (QED) is 0.831. The van der Waals surface area contributed by atoms with Crippen LogP contribution in [0.15, 0.2) is 30.3 Å². The molecule has 2 unspecified atom stereocenters. The molecule has 0 spiro atoms. The van der Waals surface area contributed by atoms with Crippen molar-refractivity contribution < 1.29 is 4.79 Å². The molecule has 1 aliphatic rings. The van der Waals surface area contributed by atoms with Crippen molar-refractivity contribution in [1.29, 1.82) is 0 Å². The summed E-state index contributed by atoms with van der Waals surface area (Å²) < 4.78 is 0. The van der Waals surface area contributed by atoms with Crippen LogP contribution in [-0.4, -0.2) is 18.5 Å². The maximum Gasteiger partial charge on any atom is 0.231 e. The second-order valence-electron chi connectivity index (χ2n) is 4.76. The monoisotopic (exact) mass is 232 g/mol. The number of nitrogens with two attached hydrogens (primary N) is 1. The molecule has 0 heterocycles. The molecule has 0 aliphatic heterocycles. The van der Waals surface area contributed by atoms with Crippen molar-refractivity contribution in [3.63, 3.8) is 0 Å². The van der Waals surface area contributed by atoms with E-state index in [2.05, 4.69) is 29.6 Å². The molecule has 3 nitrogen and oxygen atoms in total. The van der Waals surface area contributed by atoms with Crippen LogP contribution in [0.2, 0.25) is 0 Å². The summed E-state index contributed by atoms with van der Waals surface area (Å²) in [6.07, 6.45) is 4.83. The molecular formula is C14H20N2O. The van der Waals surface area contributed by atoms with E-state index in [0.29, 0.717) is 12.0 Å². The smallest absolute Gasteiger partial charge is 0.231 e. The average molecular weight is 232 g/mol. The normalized spacial score (nSPS) is 24.5. The van der Waals surface area contributed by atoms with Gasteiger partial charge in [-0.2, -0.15) is 0 Å². The van der Waals surface area contributed by atoms with Gasteiger partial charge in [0.15, 0.2) is 0 Å². The topological polar surface area (TPSA) is 55.1 Å². The molecular weight excluding hydrogens is 212 g/mol. The first-order valence-corrected chi connectivity index (χ1v) is 6.34. The van der Waals surface area contributed by atoms with Gasteiger partial charge in [0, 0.05) is 6.04 Å². The summed E-state index contributed by atoms with van der Waals surface area (Å²) >= 11 is 0. The van der Waals surface area contributed by atoms with Crippen molar-refractivity contribution in [3.05, 3.63) is 35.9 Å². The van der Waals surface area contributed by atoms with Gasteiger partial charge in [0.2, 0.25) is 5.91 Å². The Hall–Kier alpha value is -1.35. The Morgan fingerprint density at radius 2 is 1.94 bits per heavy atom. The lowest BCUT2D eigenvalue weighted by atomic mass is 9.80. The van der Waals surface area contributed by atoms with Crippen LogP contribution in [-0.2, 0) is 4.79 Å². The standard InChI is InChI=1S/C14H20N2O/c15-14(17)10-16-13-9-5-4-8-12(13)11-6-2-1-3-7-11/h1-3,6-7,12-13,16H,4-5,8-10H2,(H2,15,17). The Labute approximate surface area is 102 Å². The lowest BCUT2D eigenvalue weighted by molar-refractivity contribution is -0.117. The number of amides is 1. The van der Waals surface area contributed by atoms with E-state index in [-0.39, 0.29) is 12.5 Å². The van der Waals surface area contributed by atoms with Gasteiger partial charge >= 0.3 is 0 Å². The van der Waals surface area contributed by atoms with Crippen molar-refractivity contribution in [2.75, 3.05) is 6.54 Å². The lowest BCUT2D eigenvalue weighted by Gasteiger charge is -2.32. The van der Waals surface area contributed by atoms with E-state index in [1.165, 1.54) is 24.8 Å². The molecule has 1 aliphatic carbocycles. The van der Waals surface area contributed by atoms with E-state index in [1.807, 2.05) is 6.07 Å². The summed E-state index contributed by atoms with van der Waals surface area (Å²) in [6, 6.07) is 10.9. The predicted octanol–water partition coefficient (Wildman–Crippen LogP) is 1.79. The van der Waals surface area contributed by atoms with Crippen molar-refractivity contribution >= 4 is 5.91 Å². The molecule has 0 saturated heterocycles. The minimum absolute atomic E-state index is 0.276. The van der Waals surface area contributed by atoms with E-state index in [0.717, 1.165) is 6.42 Å². The summed E-state index contributed by atoms with van der Waals surface area (Å²) in [7, 11) is 0. The largest absolute Gasteiger partial charge is 0.369 e. The number of nitrogens with one attached hydrogen (secondary N) is 1. The van der Waals surface area contributed by atoms with Crippen molar-refractivity contribution in [1.82, 2.24) is 5.32 Å². The molecule has 0 radical (unpaired) electrons. The summed E-state index contributed by atoms with van der Waals surface area (Å²) in [4.78, 5) is 10.8. The van der Waals surface area contributed by atoms with Crippen LogP contribution in [0.25, 0.3) is 0 Å². The average Bonchev–Trinajstić information content (AvgIpc) is 2.38. The highest BCUT2D eigenvalue weighted by Crippen LogP contribution is 2.32. The van der Waals surface area contributed by atoms with E-state index in [9.17, 15) is 4.79 Å². The van der Waals surface area contributed by atoms with Gasteiger partial charge in [-0.25, -0.2) is 0 Å². The third-order valence-corrected chi connectivity index (χ3v) is 3.53. The maximum atomic E-state index is 10.8. The fourth-order valence-corrected chi connectivity index (χ4v) is 2.71. The van der Waals surface area contributed by atoms with Gasteiger partial charge in [-0.15, -0.1) is 0 Å². The zero-order valence-electron chi connectivity index (χ0n) is 10.1. The maximum absolute atomic E-state index is 10.8. The van der Waals surface area contributed by atoms with E-state index >= 15 is 0 Å². The number of benzene rings is 1. The highest BCUT2D eigenvalue weighted by atomic mass is 16.1. The number of rotatable bonds is 4. The molecule has 2 rings (SSSR count). The fraction of sp³-hybridized carbons (Fsp3) is 0.500. The number of hydrogen-bond acceptors (Lipinski definition) is 2. The molecule has 92 valence electrons. The van der Waals surface area contributed by atoms with Crippen molar-refractivity contribution in [2.24, 2.45) is 5.73 Å². The molecule has 17 heavy (non-hydrogen) atoms. The lowest BCUT2D eigenvalue weighted by Crippen LogP contribution is -2.41. The van der Waals surface area contributed by atoms with E-state index < -0.39 is 0 Å². The van der Waals surface area contributed by atoms with Crippen molar-refractivity contribution in [3.8, 4) is 0 Å². The Bertz CT molecular complexity index is 364. The van der Waals surface area contributed by atoms with Crippen LogP contribution in [0, 0.1) is 0 Å². The van der Waals surface area contributed by atoms with Crippen LogP contribution in [0.3, 0.4) is 0 Å². The van der Waals surface area contributed by atoms with Gasteiger partial charge in [0.05, 0.1) is 6.54 Å². The summed E-state index contributed by atoms with van der Waals surface area (Å²) in [5, 5.41) is 3.30. The second-order valence-corrected chi connectivity index (χ2v) is 4.76. The van der Waals surface area contributed by atoms with Crippen molar-refractivity contribution in [2.45, 2.75) is 37.6 Å². The molecule has 1 amide bonds. The Kier molecular flexibility index (Phi) is 4.15. The van der Waals surface area contributed by atoms with Crippen LogP contribution in [0.5, 0.6) is 0 Å². The van der Waals surface area contributed by atoms with Gasteiger partial charge in [-0.05, 0) is 24.3 Å². The Morgan fingerprint density at radius 1 is 1.24 bits per heavy atom. The molecule has 1 aromatic carbocycles. The summed E-state index contributed by atoms with van der Waals surface area (Å²) in [5.41, 5.74) is 6.56. The van der Waals surface area contributed by atoms with Gasteiger partial charge in [-0.1, -0.05) is 43.2 Å². The van der Waals surface area contributed by atoms with Gasteiger partial charge in [0.25, 0.3) is 0 Å². The minimum Gasteiger partial charge on any atom is -0.369 e. The molecule has 0 bridgehead atoms. The third kappa shape index (κ3) is 3.30. The third-order valence-electron chi connectivity index (χ3n) is 3.53. The number of hydrogen-bond donors (Lipinski definition) is 2. The van der Waals surface area contributed by atoms with Gasteiger partial charge in [-0.3, -0.25) is 4.79 Å². The summed E-state index contributed by atoms with van der Waals surface area (Å²) in [6.45, 7) is 0.286. The SMILES string of the molecule is NC(=O)CNC1CCCCC1c1ccccc1. The second kappa shape index (κ2) is 5.82. The van der Waals surface area contributed by atoms with Crippen LogP contribution in [0.4, 0.5) is 0 Å². The molecule has 1 saturated carbocycles. The van der Waals surface area contributed by atoms with E-state index in [1.54, 1.807) is 0 Å². The predicted molar refractivity (Wildman–Crippen MR) is 68.6 cm³/mol. The van der Waals surface area contributed by atoms with Crippen LogP contribution in [0.1, 0.15) is 37.2 Å². The molecule has 3 N–H and O–H groups in total. The van der Waals surface area contributed by atoms with E-state index in [4.69, 9.17) is 5.73 Å². The number of primary amides is 1. The Balaban J connectivity index is 2.04. The first kappa shape index (κ1) is 12.1. The molecule has 0 aromatic heterocycles. The molecule has 1 fully saturated rings. The first-order chi connectivity index (χ1) is 8.27. The zero-order chi connectivity index (χ0) is 12.1. The van der Waals surface area contributed by atoms with Gasteiger partial charge in [0.1, 0.15) is 0 Å². The van der Waals surface area contributed by atoms with Gasteiger partial charge < -0.3 is 11.1 Å². The summed E-state index contributed by atoms with van der Waals surface area (Å²) in [5.74, 6) is 0.242. The molecule has 3 heteroatoms. The first-order valence-electron chi connectivity index (χ1n) is 6.34. The fourth-order valence-electron chi connectivity index (χ4n) is 2.71. The molecule has 1 aromatic rings. The number of carbonyl (C=O) groups excluding carboxylic acids is 1. The van der Waals surface area contributed by atoms with Crippen LogP contribution < -0.4 is 11.1 Å².